The molecule has 0 aromatic rings. The van der Waals surface area contributed by atoms with Crippen LogP contribution in [-0.4, -0.2) is 36.2 Å². The standard InChI is InChI=1S/C15H20O6/c1-8(2)13(17)19-7-11(16)20-12-9(3)5-10-6-15(12,4)21-14(10)18/h9-10,12H,1,5-7H2,2-4H3. The molecule has 4 unspecified atom stereocenters. The third kappa shape index (κ3) is 3.09. The van der Waals surface area contributed by atoms with Crippen LogP contribution in [0.1, 0.15) is 33.6 Å². The molecule has 1 saturated carbocycles. The molecule has 0 amide bonds. The summed E-state index contributed by atoms with van der Waals surface area (Å²) < 4.78 is 15.5. The molecule has 116 valence electrons. The Kier molecular flexibility index (Phi) is 4.07. The normalized spacial score (nSPS) is 34.0. The van der Waals surface area contributed by atoms with E-state index in [1.165, 1.54) is 6.92 Å². The molecule has 1 aliphatic carbocycles. The molecule has 0 aromatic carbocycles. The zero-order chi connectivity index (χ0) is 15.8. The van der Waals surface area contributed by atoms with Crippen molar-refractivity contribution in [2.24, 2.45) is 11.8 Å². The van der Waals surface area contributed by atoms with Gasteiger partial charge in [-0.3, -0.25) is 4.79 Å². The largest absolute Gasteiger partial charge is 0.455 e. The van der Waals surface area contributed by atoms with Crippen LogP contribution in [-0.2, 0) is 28.6 Å². The first-order valence-corrected chi connectivity index (χ1v) is 6.98. The maximum Gasteiger partial charge on any atom is 0.344 e. The molecule has 0 N–H and O–H groups in total. The van der Waals surface area contributed by atoms with Gasteiger partial charge in [-0.2, -0.15) is 0 Å². The molecule has 2 fully saturated rings. The Morgan fingerprint density at radius 2 is 2.14 bits per heavy atom. The van der Waals surface area contributed by atoms with Crippen LogP contribution in [0.5, 0.6) is 0 Å². The summed E-state index contributed by atoms with van der Waals surface area (Å²) in [6.45, 7) is 8.15. The van der Waals surface area contributed by atoms with E-state index in [1.54, 1.807) is 6.92 Å². The van der Waals surface area contributed by atoms with E-state index < -0.39 is 30.3 Å². The van der Waals surface area contributed by atoms with Crippen LogP contribution in [0.25, 0.3) is 0 Å². The van der Waals surface area contributed by atoms with Gasteiger partial charge in [0.05, 0.1) is 5.92 Å². The van der Waals surface area contributed by atoms with Gasteiger partial charge in [0.15, 0.2) is 6.61 Å². The summed E-state index contributed by atoms with van der Waals surface area (Å²) in [6, 6.07) is 0. The molecule has 6 nitrogen and oxygen atoms in total. The van der Waals surface area contributed by atoms with Gasteiger partial charge in [-0.05, 0) is 26.2 Å². The number of carbonyl (C=O) groups excluding carboxylic acids is 3. The molecule has 0 radical (unpaired) electrons. The molecular formula is C15H20O6. The molecular weight excluding hydrogens is 276 g/mol. The van der Waals surface area contributed by atoms with Crippen molar-refractivity contribution in [1.82, 2.24) is 0 Å². The molecule has 1 saturated heterocycles. The van der Waals surface area contributed by atoms with Crippen molar-refractivity contribution in [2.75, 3.05) is 6.61 Å². The van der Waals surface area contributed by atoms with E-state index in [0.717, 1.165) is 0 Å². The fraction of sp³-hybridized carbons (Fsp3) is 0.667. The number of hydrogen-bond acceptors (Lipinski definition) is 6. The van der Waals surface area contributed by atoms with Gasteiger partial charge in [-0.25, -0.2) is 9.59 Å². The van der Waals surface area contributed by atoms with Crippen molar-refractivity contribution < 1.29 is 28.6 Å². The highest BCUT2D eigenvalue weighted by Crippen LogP contribution is 2.46. The Hall–Kier alpha value is -1.85. The molecule has 4 atom stereocenters. The number of rotatable bonds is 4. The molecule has 6 heteroatoms. The van der Waals surface area contributed by atoms with Crippen molar-refractivity contribution in [3.05, 3.63) is 12.2 Å². The molecule has 1 heterocycles. The summed E-state index contributed by atoms with van der Waals surface area (Å²) in [5, 5.41) is 0. The first-order chi connectivity index (χ1) is 9.73. The lowest BCUT2D eigenvalue weighted by atomic mass is 9.74. The van der Waals surface area contributed by atoms with Crippen molar-refractivity contribution in [1.29, 1.82) is 0 Å². The van der Waals surface area contributed by atoms with E-state index >= 15 is 0 Å². The minimum absolute atomic E-state index is 0.0148. The van der Waals surface area contributed by atoms with E-state index in [-0.39, 0.29) is 23.4 Å². The van der Waals surface area contributed by atoms with Gasteiger partial charge in [0.2, 0.25) is 0 Å². The Morgan fingerprint density at radius 3 is 2.76 bits per heavy atom. The molecule has 0 aromatic heterocycles. The smallest absolute Gasteiger partial charge is 0.344 e. The van der Waals surface area contributed by atoms with E-state index in [2.05, 4.69) is 6.58 Å². The number of hydrogen-bond donors (Lipinski definition) is 0. The average molecular weight is 296 g/mol. The maximum atomic E-state index is 11.8. The second kappa shape index (κ2) is 5.50. The topological polar surface area (TPSA) is 78.9 Å². The first-order valence-electron chi connectivity index (χ1n) is 6.98. The fourth-order valence-electron chi connectivity index (χ4n) is 3.12. The fourth-order valence-corrected chi connectivity index (χ4v) is 3.12. The number of ether oxygens (including phenoxy) is 3. The van der Waals surface area contributed by atoms with E-state index in [0.29, 0.717) is 12.8 Å². The lowest BCUT2D eigenvalue weighted by Crippen LogP contribution is -2.48. The predicted molar refractivity (Wildman–Crippen MR) is 72.0 cm³/mol. The second-order valence-electron chi connectivity index (χ2n) is 6.11. The van der Waals surface area contributed by atoms with E-state index in [4.69, 9.17) is 14.2 Å². The number of carbonyl (C=O) groups is 3. The summed E-state index contributed by atoms with van der Waals surface area (Å²) in [5.74, 6) is -1.61. The van der Waals surface area contributed by atoms with Gasteiger partial charge in [0.1, 0.15) is 11.7 Å². The van der Waals surface area contributed by atoms with Crippen LogP contribution >= 0.6 is 0 Å². The molecule has 2 aliphatic rings. The lowest BCUT2D eigenvalue weighted by molar-refractivity contribution is -0.182. The Balaban J connectivity index is 1.95. The maximum absolute atomic E-state index is 11.8. The average Bonchev–Trinajstić information content (AvgIpc) is 2.63. The van der Waals surface area contributed by atoms with Crippen molar-refractivity contribution in [3.63, 3.8) is 0 Å². The van der Waals surface area contributed by atoms with Gasteiger partial charge < -0.3 is 14.2 Å². The number of esters is 3. The van der Waals surface area contributed by atoms with Gasteiger partial charge in [-0.15, -0.1) is 0 Å². The third-order valence-corrected chi connectivity index (χ3v) is 4.02. The first kappa shape index (κ1) is 15.5. The Labute approximate surface area is 123 Å². The summed E-state index contributed by atoms with van der Waals surface area (Å²) in [6.07, 6.45) is 0.675. The van der Waals surface area contributed by atoms with Gasteiger partial charge >= 0.3 is 17.9 Å². The lowest BCUT2D eigenvalue weighted by Gasteiger charge is -2.38. The van der Waals surface area contributed by atoms with Crippen LogP contribution in [0.2, 0.25) is 0 Å². The molecule has 0 spiro atoms. The molecule has 21 heavy (non-hydrogen) atoms. The van der Waals surface area contributed by atoms with Gasteiger partial charge in [0, 0.05) is 12.0 Å². The predicted octanol–water partition coefficient (Wildman–Crippen LogP) is 1.38. The second-order valence-corrected chi connectivity index (χ2v) is 6.11. The summed E-state index contributed by atoms with van der Waals surface area (Å²) in [5.41, 5.74) is -0.568. The van der Waals surface area contributed by atoms with E-state index in [1.807, 2.05) is 6.92 Å². The van der Waals surface area contributed by atoms with Crippen LogP contribution in [0.3, 0.4) is 0 Å². The van der Waals surface area contributed by atoms with Crippen LogP contribution < -0.4 is 0 Å². The minimum atomic E-state index is -0.784. The third-order valence-electron chi connectivity index (χ3n) is 4.02. The van der Waals surface area contributed by atoms with Crippen molar-refractivity contribution in [2.45, 2.75) is 45.3 Å². The summed E-state index contributed by atoms with van der Waals surface area (Å²) in [4.78, 5) is 34.7. The number of fused-ring (bicyclic) bond motifs is 2. The van der Waals surface area contributed by atoms with Crippen LogP contribution in [0.15, 0.2) is 12.2 Å². The van der Waals surface area contributed by atoms with Crippen LogP contribution in [0.4, 0.5) is 0 Å². The monoisotopic (exact) mass is 296 g/mol. The summed E-state index contributed by atoms with van der Waals surface area (Å²) in [7, 11) is 0. The molecule has 2 rings (SSSR count). The van der Waals surface area contributed by atoms with Crippen LogP contribution in [0, 0.1) is 11.8 Å². The molecule has 2 bridgehead atoms. The highest BCUT2D eigenvalue weighted by Gasteiger charge is 2.56. The minimum Gasteiger partial charge on any atom is -0.455 e. The highest BCUT2D eigenvalue weighted by atomic mass is 16.6. The quantitative estimate of drug-likeness (QED) is 0.443. The highest BCUT2D eigenvalue weighted by molar-refractivity contribution is 5.88. The van der Waals surface area contributed by atoms with Crippen molar-refractivity contribution >= 4 is 17.9 Å². The zero-order valence-electron chi connectivity index (χ0n) is 12.5. The Morgan fingerprint density at radius 1 is 1.48 bits per heavy atom. The SMILES string of the molecule is C=C(C)C(=O)OCC(=O)OC1C(C)CC2CC1(C)OC2=O. The van der Waals surface area contributed by atoms with Gasteiger partial charge in [-0.1, -0.05) is 13.5 Å². The Bertz CT molecular complexity index is 496. The zero-order valence-corrected chi connectivity index (χ0v) is 12.5. The van der Waals surface area contributed by atoms with E-state index in [9.17, 15) is 14.4 Å². The van der Waals surface area contributed by atoms with Gasteiger partial charge in [0.25, 0.3) is 0 Å². The van der Waals surface area contributed by atoms with Crippen molar-refractivity contribution in [3.8, 4) is 0 Å². The molecule has 1 aliphatic heterocycles. The summed E-state index contributed by atoms with van der Waals surface area (Å²) >= 11 is 0.